The molecular formula is C26H30ClF2N4O9P. The second-order valence-electron chi connectivity index (χ2n) is 10.0. The van der Waals surface area contributed by atoms with Crippen molar-refractivity contribution >= 4 is 41.9 Å². The fraction of sp³-hybridized carbons (Fsp3) is 0.423. The molecule has 3 aromatic rings. The molecule has 43 heavy (non-hydrogen) atoms. The lowest BCUT2D eigenvalue weighted by atomic mass is 9.96. The molecule has 0 radical (unpaired) electrons. The van der Waals surface area contributed by atoms with E-state index in [2.05, 4.69) is 10.1 Å². The van der Waals surface area contributed by atoms with Crippen LogP contribution in [0.3, 0.4) is 0 Å². The molecule has 1 unspecified atom stereocenters. The highest BCUT2D eigenvalue weighted by molar-refractivity contribution is 7.52. The molecule has 0 spiro atoms. The first-order valence-corrected chi connectivity index (χ1v) is 14.9. The lowest BCUT2D eigenvalue weighted by Crippen LogP contribution is -2.53. The Morgan fingerprint density at radius 1 is 1.23 bits per heavy atom. The smallest absolute Gasteiger partial charge is 0.459 e. The Morgan fingerprint density at radius 2 is 1.91 bits per heavy atom. The zero-order valence-corrected chi connectivity index (χ0v) is 24.7. The number of rotatable bonds is 11. The molecule has 6 atom stereocenters. The summed E-state index contributed by atoms with van der Waals surface area (Å²) in [6.45, 7) is 3.14. The van der Waals surface area contributed by atoms with Crippen LogP contribution in [-0.2, 0) is 23.4 Å². The van der Waals surface area contributed by atoms with Crippen molar-refractivity contribution in [3.63, 3.8) is 0 Å². The normalized spacial score (nSPS) is 24.3. The molecule has 5 N–H and O–H groups in total. The summed E-state index contributed by atoms with van der Waals surface area (Å²) in [4.78, 5) is 28.4. The standard InChI is InChI=1S/C26H30ClF2N4O9P/c1-13(2)40-23(36)14(3)32-43(38,42-18-10-6-8-15-7-4-5-9-16(15)18)39-12-26(24(28)29)20(35)19(34)22(41-26)33-11-17(27)21(30)31-25(33)37/h4-11,13-14,19-20,22,24,34-35H,12H2,1-3H3,(H,32,38)(H2,30,31,37)/t14-,19-,20-,22+,26+,43?/m0/s1. The van der Waals surface area contributed by atoms with E-state index in [4.69, 9.17) is 35.9 Å². The number of alkyl halides is 2. The van der Waals surface area contributed by atoms with Crippen molar-refractivity contribution < 1.29 is 46.9 Å². The number of hydrogen-bond acceptors (Lipinski definition) is 11. The summed E-state index contributed by atoms with van der Waals surface area (Å²) in [5.41, 5.74) is 1.34. The number of aromatic nitrogens is 2. The number of ether oxygens (including phenoxy) is 2. The number of fused-ring (bicyclic) bond motifs is 1. The van der Waals surface area contributed by atoms with Crippen molar-refractivity contribution in [2.75, 3.05) is 12.3 Å². The summed E-state index contributed by atoms with van der Waals surface area (Å²) in [5, 5.41) is 24.7. The van der Waals surface area contributed by atoms with Crippen LogP contribution in [-0.4, -0.2) is 68.7 Å². The number of nitrogens with two attached hydrogens (primary N) is 1. The third-order valence-electron chi connectivity index (χ3n) is 6.52. The second-order valence-corrected chi connectivity index (χ2v) is 12.1. The van der Waals surface area contributed by atoms with Crippen LogP contribution in [0.1, 0.15) is 27.0 Å². The molecule has 1 fully saturated rings. The molecule has 234 valence electrons. The van der Waals surface area contributed by atoms with Crippen LogP contribution < -0.4 is 21.0 Å². The molecule has 0 saturated carbocycles. The number of nitrogen functional groups attached to an aromatic ring is 1. The van der Waals surface area contributed by atoms with Crippen molar-refractivity contribution in [2.24, 2.45) is 0 Å². The van der Waals surface area contributed by atoms with Gasteiger partial charge in [0.1, 0.15) is 29.8 Å². The molecule has 1 aromatic heterocycles. The summed E-state index contributed by atoms with van der Waals surface area (Å²) in [6, 6.07) is 10.3. The Labute approximate surface area is 249 Å². The largest absolute Gasteiger partial charge is 0.462 e. The SMILES string of the molecule is CC(C)OC(=O)[C@H](C)NP(=O)(OC[C@@]1(C(F)F)O[C@@H](n2cc(Cl)c(N)nc2=O)[C@@H](O)[C@@H]1O)Oc1cccc2ccccc12. The number of hydrogen-bond donors (Lipinski definition) is 4. The topological polar surface area (TPSA) is 184 Å². The van der Waals surface area contributed by atoms with Gasteiger partial charge in [0.2, 0.25) is 0 Å². The zero-order valence-electron chi connectivity index (χ0n) is 23.1. The van der Waals surface area contributed by atoms with Gasteiger partial charge < -0.3 is 29.9 Å². The van der Waals surface area contributed by atoms with Gasteiger partial charge >= 0.3 is 19.4 Å². The second kappa shape index (κ2) is 12.8. The molecule has 2 aromatic carbocycles. The zero-order chi connectivity index (χ0) is 31.7. The number of carbonyl (C=O) groups is 1. The molecular weight excluding hydrogens is 617 g/mol. The van der Waals surface area contributed by atoms with Gasteiger partial charge in [0.15, 0.2) is 11.8 Å². The minimum atomic E-state index is -4.77. The van der Waals surface area contributed by atoms with Crippen LogP contribution in [0.5, 0.6) is 5.75 Å². The molecule has 0 bridgehead atoms. The fourth-order valence-electron chi connectivity index (χ4n) is 4.34. The number of halogens is 3. The van der Waals surface area contributed by atoms with Gasteiger partial charge in [-0.1, -0.05) is 48.0 Å². The first kappa shape index (κ1) is 32.7. The minimum absolute atomic E-state index is 0.0180. The maximum Gasteiger partial charge on any atom is 0.459 e. The number of aliphatic hydroxyl groups is 2. The Kier molecular flexibility index (Phi) is 9.76. The van der Waals surface area contributed by atoms with Crippen molar-refractivity contribution in [1.29, 1.82) is 0 Å². The average molecular weight is 647 g/mol. The molecule has 13 nitrogen and oxygen atoms in total. The Balaban J connectivity index is 1.69. The average Bonchev–Trinajstić information content (AvgIpc) is 3.20. The Morgan fingerprint density at radius 3 is 2.58 bits per heavy atom. The highest BCUT2D eigenvalue weighted by Gasteiger charge is 2.61. The predicted molar refractivity (Wildman–Crippen MR) is 151 cm³/mol. The summed E-state index contributed by atoms with van der Waals surface area (Å²) < 4.78 is 65.6. The Bertz CT molecular complexity index is 1590. The van der Waals surface area contributed by atoms with Crippen molar-refractivity contribution in [3.05, 3.63) is 64.2 Å². The molecule has 2 heterocycles. The third-order valence-corrected chi connectivity index (χ3v) is 8.42. The van der Waals surface area contributed by atoms with Crippen LogP contribution in [0.25, 0.3) is 10.8 Å². The van der Waals surface area contributed by atoms with Gasteiger partial charge in [-0.05, 0) is 32.2 Å². The maximum atomic E-state index is 14.6. The van der Waals surface area contributed by atoms with Gasteiger partial charge in [-0.3, -0.25) is 13.9 Å². The van der Waals surface area contributed by atoms with E-state index in [0.717, 1.165) is 6.20 Å². The lowest BCUT2D eigenvalue weighted by Gasteiger charge is -2.32. The summed E-state index contributed by atoms with van der Waals surface area (Å²) in [7, 11) is -4.77. The van der Waals surface area contributed by atoms with E-state index in [1.807, 2.05) is 0 Å². The first-order chi connectivity index (χ1) is 20.2. The molecule has 0 aliphatic carbocycles. The predicted octanol–water partition coefficient (Wildman–Crippen LogP) is 3.02. The van der Waals surface area contributed by atoms with Crippen molar-refractivity contribution in [1.82, 2.24) is 14.6 Å². The number of nitrogens with one attached hydrogen (secondary N) is 1. The highest BCUT2D eigenvalue weighted by atomic mass is 35.5. The maximum absolute atomic E-state index is 14.6. The molecule has 1 aliphatic heterocycles. The molecule has 17 heteroatoms. The molecule has 1 aliphatic rings. The highest BCUT2D eigenvalue weighted by Crippen LogP contribution is 2.50. The van der Waals surface area contributed by atoms with Gasteiger partial charge in [0, 0.05) is 11.6 Å². The van der Waals surface area contributed by atoms with Crippen LogP contribution in [0, 0.1) is 0 Å². The van der Waals surface area contributed by atoms with Crippen LogP contribution in [0.15, 0.2) is 53.5 Å². The van der Waals surface area contributed by atoms with E-state index >= 15 is 0 Å². The third kappa shape index (κ3) is 6.83. The summed E-state index contributed by atoms with van der Waals surface area (Å²) in [5.74, 6) is -1.19. The van der Waals surface area contributed by atoms with Gasteiger partial charge in [0.05, 0.1) is 17.7 Å². The van der Waals surface area contributed by atoms with E-state index < -0.39 is 68.6 Å². The number of benzene rings is 2. The van der Waals surface area contributed by atoms with E-state index in [-0.39, 0.29) is 16.6 Å². The van der Waals surface area contributed by atoms with E-state index in [9.17, 15) is 33.1 Å². The number of esters is 1. The van der Waals surface area contributed by atoms with Crippen LogP contribution in [0.2, 0.25) is 5.02 Å². The summed E-state index contributed by atoms with van der Waals surface area (Å²) in [6.07, 6.45) is -9.62. The van der Waals surface area contributed by atoms with Gasteiger partial charge in [0.25, 0.3) is 6.43 Å². The number of carbonyl (C=O) groups excluding carboxylic acids is 1. The van der Waals surface area contributed by atoms with E-state index in [1.54, 1.807) is 50.2 Å². The fourth-order valence-corrected chi connectivity index (χ4v) is 6.04. The van der Waals surface area contributed by atoms with E-state index in [0.29, 0.717) is 15.3 Å². The number of nitrogens with zero attached hydrogens (tertiary/aromatic N) is 2. The molecule has 0 amide bonds. The molecule has 4 rings (SSSR count). The lowest BCUT2D eigenvalue weighted by molar-refractivity contribution is -0.192. The first-order valence-electron chi connectivity index (χ1n) is 12.9. The number of anilines is 1. The van der Waals surface area contributed by atoms with Crippen molar-refractivity contribution in [3.8, 4) is 5.75 Å². The monoisotopic (exact) mass is 646 g/mol. The van der Waals surface area contributed by atoms with Gasteiger partial charge in [-0.2, -0.15) is 10.1 Å². The van der Waals surface area contributed by atoms with Gasteiger partial charge in [-0.15, -0.1) is 0 Å². The van der Waals surface area contributed by atoms with Crippen LogP contribution >= 0.6 is 19.3 Å². The minimum Gasteiger partial charge on any atom is -0.462 e. The molecule has 1 saturated heterocycles. The van der Waals surface area contributed by atoms with Crippen LogP contribution in [0.4, 0.5) is 14.6 Å². The van der Waals surface area contributed by atoms with E-state index in [1.165, 1.54) is 13.0 Å². The Hall–Kier alpha value is -3.17. The number of aliphatic hydroxyl groups excluding tert-OH is 2. The van der Waals surface area contributed by atoms with Crippen molar-refractivity contribution in [2.45, 2.75) is 63.4 Å². The quantitative estimate of drug-likeness (QED) is 0.177. The van der Waals surface area contributed by atoms with Gasteiger partial charge in [-0.25, -0.2) is 18.1 Å². The summed E-state index contributed by atoms with van der Waals surface area (Å²) >= 11 is 5.91.